The number of anilines is 1. The fourth-order valence-electron chi connectivity index (χ4n) is 1.64. The number of rotatable bonds is 4. The standard InChI is InChI=1S/C14H13Cl2N3O2S2/c1-9-2-5-11(6-3-9)23(20,21)19-18-14(22)17-13-8-10(15)4-7-12(13)16/h2-8,19H,1H3,(H2,17,18,22). The zero-order chi connectivity index (χ0) is 17.0. The molecule has 2 aromatic carbocycles. The van der Waals surface area contributed by atoms with E-state index in [1.807, 2.05) is 6.92 Å². The van der Waals surface area contributed by atoms with Gasteiger partial charge in [0, 0.05) is 5.02 Å². The summed E-state index contributed by atoms with van der Waals surface area (Å²) >= 11 is 16.9. The number of hydrogen-bond acceptors (Lipinski definition) is 3. The Kier molecular flexibility index (Phi) is 5.83. The van der Waals surface area contributed by atoms with Crippen molar-refractivity contribution in [2.24, 2.45) is 0 Å². The van der Waals surface area contributed by atoms with Crippen LogP contribution in [-0.4, -0.2) is 13.5 Å². The molecule has 0 saturated heterocycles. The van der Waals surface area contributed by atoms with Crippen molar-refractivity contribution >= 4 is 56.2 Å². The molecule has 2 rings (SSSR count). The lowest BCUT2D eigenvalue weighted by Crippen LogP contribution is -2.43. The molecular formula is C14H13Cl2N3O2S2. The molecule has 3 N–H and O–H groups in total. The van der Waals surface area contributed by atoms with Gasteiger partial charge in [0.2, 0.25) is 0 Å². The highest BCUT2D eigenvalue weighted by atomic mass is 35.5. The number of nitrogens with one attached hydrogen (secondary N) is 3. The molecule has 0 aliphatic heterocycles. The summed E-state index contributed by atoms with van der Waals surface area (Å²) in [5, 5.41) is 3.67. The Balaban J connectivity index is 2.01. The normalized spacial score (nSPS) is 11.1. The van der Waals surface area contributed by atoms with Gasteiger partial charge in [-0.3, -0.25) is 5.43 Å². The lowest BCUT2D eigenvalue weighted by atomic mass is 10.2. The summed E-state index contributed by atoms with van der Waals surface area (Å²) in [6.07, 6.45) is 0. The Hall–Kier alpha value is -1.38. The minimum absolute atomic E-state index is 0.0323. The van der Waals surface area contributed by atoms with Crippen molar-refractivity contribution in [3.05, 3.63) is 58.1 Å². The second-order valence-electron chi connectivity index (χ2n) is 4.62. The van der Waals surface area contributed by atoms with Gasteiger partial charge in [0.25, 0.3) is 10.0 Å². The van der Waals surface area contributed by atoms with Crippen LogP contribution in [0, 0.1) is 6.92 Å². The van der Waals surface area contributed by atoms with Gasteiger partial charge in [-0.15, -0.1) is 4.83 Å². The van der Waals surface area contributed by atoms with Crippen LogP contribution in [0.25, 0.3) is 0 Å². The largest absolute Gasteiger partial charge is 0.330 e. The van der Waals surface area contributed by atoms with Crippen molar-refractivity contribution < 1.29 is 8.42 Å². The van der Waals surface area contributed by atoms with E-state index in [1.54, 1.807) is 30.3 Å². The predicted molar refractivity (Wildman–Crippen MR) is 97.3 cm³/mol. The molecule has 0 unspecified atom stereocenters. The van der Waals surface area contributed by atoms with Gasteiger partial charge in [-0.1, -0.05) is 40.9 Å². The molecular weight excluding hydrogens is 377 g/mol. The van der Waals surface area contributed by atoms with E-state index < -0.39 is 10.0 Å². The zero-order valence-corrected chi connectivity index (χ0v) is 15.1. The van der Waals surface area contributed by atoms with Gasteiger partial charge < -0.3 is 5.32 Å². The first-order chi connectivity index (χ1) is 10.8. The van der Waals surface area contributed by atoms with Crippen LogP contribution in [0.1, 0.15) is 5.56 Å². The maximum Gasteiger partial charge on any atom is 0.257 e. The molecule has 0 aliphatic rings. The van der Waals surface area contributed by atoms with E-state index in [4.69, 9.17) is 35.4 Å². The number of thiocarbonyl (C=S) groups is 1. The molecule has 0 amide bonds. The number of halogens is 2. The van der Waals surface area contributed by atoms with Gasteiger partial charge in [0.15, 0.2) is 5.11 Å². The van der Waals surface area contributed by atoms with Crippen molar-refractivity contribution in [3.8, 4) is 0 Å². The van der Waals surface area contributed by atoms with Crippen LogP contribution in [0.5, 0.6) is 0 Å². The third-order valence-electron chi connectivity index (χ3n) is 2.81. The number of aryl methyl sites for hydroxylation is 1. The molecule has 5 nitrogen and oxygen atoms in total. The maximum atomic E-state index is 12.1. The smallest absolute Gasteiger partial charge is 0.257 e. The SMILES string of the molecule is Cc1ccc(S(=O)(=O)NNC(=S)Nc2cc(Cl)ccc2Cl)cc1. The lowest BCUT2D eigenvalue weighted by molar-refractivity contribution is 0.578. The minimum Gasteiger partial charge on any atom is -0.330 e. The Bertz CT molecular complexity index is 824. The van der Waals surface area contributed by atoms with Crippen molar-refractivity contribution in [2.75, 3.05) is 5.32 Å². The van der Waals surface area contributed by atoms with E-state index in [0.29, 0.717) is 15.7 Å². The summed E-state index contributed by atoms with van der Waals surface area (Å²) in [5.74, 6) is 0. The fourth-order valence-corrected chi connectivity index (χ4v) is 3.05. The molecule has 9 heteroatoms. The first-order valence-corrected chi connectivity index (χ1v) is 9.03. The van der Waals surface area contributed by atoms with Gasteiger partial charge in [-0.2, -0.15) is 0 Å². The molecule has 0 aliphatic carbocycles. The summed E-state index contributed by atoms with van der Waals surface area (Å²) in [6, 6.07) is 11.2. The number of hydrazine groups is 1. The Morgan fingerprint density at radius 1 is 1.09 bits per heavy atom. The van der Waals surface area contributed by atoms with E-state index in [9.17, 15) is 8.42 Å². The quantitative estimate of drug-likeness (QED) is 0.551. The summed E-state index contributed by atoms with van der Waals surface area (Å²) in [5.41, 5.74) is 3.84. The molecule has 0 fully saturated rings. The molecule has 2 aromatic rings. The zero-order valence-electron chi connectivity index (χ0n) is 11.9. The molecule has 0 atom stereocenters. The summed E-state index contributed by atoms with van der Waals surface area (Å²) in [4.78, 5) is 2.32. The molecule has 0 aromatic heterocycles. The van der Waals surface area contributed by atoms with Crippen molar-refractivity contribution in [1.82, 2.24) is 10.3 Å². The van der Waals surface area contributed by atoms with E-state index >= 15 is 0 Å². The molecule has 0 bridgehead atoms. The summed E-state index contributed by atoms with van der Waals surface area (Å²) in [7, 11) is -3.73. The van der Waals surface area contributed by atoms with Crippen molar-refractivity contribution in [2.45, 2.75) is 11.8 Å². The lowest BCUT2D eigenvalue weighted by Gasteiger charge is -2.13. The second kappa shape index (κ2) is 7.46. The van der Waals surface area contributed by atoms with E-state index in [0.717, 1.165) is 5.56 Å². The molecule has 0 radical (unpaired) electrons. The van der Waals surface area contributed by atoms with Crippen LogP contribution in [0.2, 0.25) is 10.0 Å². The van der Waals surface area contributed by atoms with Crippen LogP contribution < -0.4 is 15.6 Å². The molecule has 0 saturated carbocycles. The van der Waals surface area contributed by atoms with Gasteiger partial charge in [0.1, 0.15) is 0 Å². The van der Waals surface area contributed by atoms with Gasteiger partial charge >= 0.3 is 0 Å². The average molecular weight is 390 g/mol. The molecule has 0 spiro atoms. The average Bonchev–Trinajstić information content (AvgIpc) is 2.49. The molecule has 0 heterocycles. The van der Waals surface area contributed by atoms with Crippen LogP contribution >= 0.6 is 35.4 Å². The van der Waals surface area contributed by atoms with E-state index in [-0.39, 0.29) is 10.0 Å². The number of sulfonamides is 1. The van der Waals surface area contributed by atoms with Gasteiger partial charge in [-0.05, 0) is 49.5 Å². The van der Waals surface area contributed by atoms with Crippen LogP contribution in [0.4, 0.5) is 5.69 Å². The Morgan fingerprint density at radius 2 is 1.74 bits per heavy atom. The van der Waals surface area contributed by atoms with Gasteiger partial charge in [0.05, 0.1) is 15.6 Å². The van der Waals surface area contributed by atoms with Crippen LogP contribution in [-0.2, 0) is 10.0 Å². The van der Waals surface area contributed by atoms with Crippen LogP contribution in [0.15, 0.2) is 47.4 Å². The highest BCUT2D eigenvalue weighted by Crippen LogP contribution is 2.25. The minimum atomic E-state index is -3.73. The van der Waals surface area contributed by atoms with Crippen LogP contribution in [0.3, 0.4) is 0 Å². The maximum absolute atomic E-state index is 12.1. The first-order valence-electron chi connectivity index (χ1n) is 6.38. The summed E-state index contributed by atoms with van der Waals surface area (Å²) in [6.45, 7) is 1.87. The van der Waals surface area contributed by atoms with Gasteiger partial charge in [-0.25, -0.2) is 8.42 Å². The third-order valence-corrected chi connectivity index (χ3v) is 4.84. The fraction of sp³-hybridized carbons (Fsp3) is 0.0714. The highest BCUT2D eigenvalue weighted by molar-refractivity contribution is 7.89. The van der Waals surface area contributed by atoms with E-state index in [1.165, 1.54) is 12.1 Å². The van der Waals surface area contributed by atoms with Crippen molar-refractivity contribution in [1.29, 1.82) is 0 Å². The number of hydrogen-bond donors (Lipinski definition) is 3. The van der Waals surface area contributed by atoms with E-state index in [2.05, 4.69) is 15.6 Å². The molecule has 122 valence electrons. The predicted octanol–water partition coefficient (Wildman–Crippen LogP) is 3.48. The third kappa shape index (κ3) is 5.05. The second-order valence-corrected chi connectivity index (χ2v) is 7.56. The first kappa shape index (κ1) is 18.0. The monoisotopic (exact) mass is 389 g/mol. The topological polar surface area (TPSA) is 70.2 Å². The number of benzene rings is 2. The molecule has 23 heavy (non-hydrogen) atoms. The Labute approximate surface area is 150 Å². The Morgan fingerprint density at radius 3 is 2.39 bits per heavy atom. The van der Waals surface area contributed by atoms with Crippen molar-refractivity contribution in [3.63, 3.8) is 0 Å². The summed E-state index contributed by atoms with van der Waals surface area (Å²) < 4.78 is 24.2. The highest BCUT2D eigenvalue weighted by Gasteiger charge is 2.14.